The van der Waals surface area contributed by atoms with Crippen molar-refractivity contribution in [2.45, 2.75) is 17.5 Å². The van der Waals surface area contributed by atoms with Crippen LogP contribution < -0.4 is 0 Å². The molecule has 2 heterocycles. The zero-order chi connectivity index (χ0) is 15.0. The molecule has 0 saturated heterocycles. The molecular formula is C15H11F3N2S. The Balaban J connectivity index is 2.25. The van der Waals surface area contributed by atoms with Crippen LogP contribution in [0.15, 0.2) is 53.7 Å². The average molecular weight is 308 g/mol. The standard InChI is InChI=1S/C15H11F3N2S/c1-10-5-6-12-11(8-10)9-14(21-15(16,17)18)20(12)13-4-2-3-7-19-13/h2-9H,1H3. The van der Waals surface area contributed by atoms with Crippen molar-refractivity contribution in [1.29, 1.82) is 0 Å². The van der Waals surface area contributed by atoms with E-state index in [2.05, 4.69) is 4.98 Å². The third-order valence-corrected chi connectivity index (χ3v) is 3.76. The molecule has 2 aromatic heterocycles. The Hall–Kier alpha value is -1.95. The molecule has 0 aliphatic rings. The van der Waals surface area contributed by atoms with Gasteiger partial charge in [0.25, 0.3) is 0 Å². The van der Waals surface area contributed by atoms with Crippen LogP contribution in [0.2, 0.25) is 0 Å². The molecule has 0 N–H and O–H groups in total. The molecule has 21 heavy (non-hydrogen) atoms. The van der Waals surface area contributed by atoms with Crippen LogP contribution in [0.25, 0.3) is 16.7 Å². The predicted molar refractivity (Wildman–Crippen MR) is 77.7 cm³/mol. The Morgan fingerprint density at radius 3 is 2.57 bits per heavy atom. The van der Waals surface area contributed by atoms with Crippen LogP contribution in [0, 0.1) is 6.92 Å². The van der Waals surface area contributed by atoms with E-state index in [4.69, 9.17) is 0 Å². The Morgan fingerprint density at radius 1 is 1.10 bits per heavy atom. The summed E-state index contributed by atoms with van der Waals surface area (Å²) in [6, 6.07) is 12.3. The molecule has 3 aromatic rings. The maximum absolute atomic E-state index is 12.8. The van der Waals surface area contributed by atoms with Crippen molar-refractivity contribution in [3.8, 4) is 5.82 Å². The third kappa shape index (κ3) is 2.90. The molecule has 0 atom stereocenters. The lowest BCUT2D eigenvalue weighted by Crippen LogP contribution is -2.04. The number of rotatable bonds is 2. The van der Waals surface area contributed by atoms with Crippen molar-refractivity contribution in [3.05, 3.63) is 54.2 Å². The minimum atomic E-state index is -4.34. The van der Waals surface area contributed by atoms with Gasteiger partial charge in [-0.15, -0.1) is 0 Å². The molecule has 2 nitrogen and oxygen atoms in total. The smallest absolute Gasteiger partial charge is 0.288 e. The fraction of sp³-hybridized carbons (Fsp3) is 0.133. The van der Waals surface area contributed by atoms with Gasteiger partial charge in [0, 0.05) is 23.3 Å². The van der Waals surface area contributed by atoms with Crippen LogP contribution in [0.5, 0.6) is 0 Å². The molecule has 3 rings (SSSR count). The molecule has 0 aliphatic heterocycles. The number of nitrogens with zero attached hydrogens (tertiary/aromatic N) is 2. The van der Waals surface area contributed by atoms with Crippen molar-refractivity contribution >= 4 is 22.7 Å². The molecule has 0 amide bonds. The van der Waals surface area contributed by atoms with Crippen molar-refractivity contribution in [3.63, 3.8) is 0 Å². The quantitative estimate of drug-likeness (QED) is 0.624. The number of hydrogen-bond acceptors (Lipinski definition) is 2. The summed E-state index contributed by atoms with van der Waals surface area (Å²) >= 11 is -0.123. The van der Waals surface area contributed by atoms with E-state index in [1.165, 1.54) is 4.57 Å². The minimum absolute atomic E-state index is 0.113. The highest BCUT2D eigenvalue weighted by molar-refractivity contribution is 8.00. The molecule has 0 fully saturated rings. The summed E-state index contributed by atoms with van der Waals surface area (Å²) in [6.07, 6.45) is 1.57. The Bertz CT molecular complexity index is 779. The SMILES string of the molecule is Cc1ccc2c(c1)cc(SC(F)(F)F)n2-c1ccccn1. The molecule has 0 radical (unpaired) electrons. The summed E-state index contributed by atoms with van der Waals surface area (Å²) in [5.41, 5.74) is -2.62. The monoisotopic (exact) mass is 308 g/mol. The lowest BCUT2D eigenvalue weighted by atomic mass is 10.2. The maximum Gasteiger partial charge on any atom is 0.447 e. The fourth-order valence-corrected chi connectivity index (χ4v) is 2.93. The van der Waals surface area contributed by atoms with Crippen molar-refractivity contribution < 1.29 is 13.2 Å². The summed E-state index contributed by atoms with van der Waals surface area (Å²) in [7, 11) is 0. The summed E-state index contributed by atoms with van der Waals surface area (Å²) in [4.78, 5) is 4.17. The van der Waals surface area contributed by atoms with Gasteiger partial charge in [-0.05, 0) is 37.3 Å². The second kappa shape index (κ2) is 5.11. The van der Waals surface area contributed by atoms with Crippen LogP contribution in [-0.4, -0.2) is 15.1 Å². The van der Waals surface area contributed by atoms with Crippen LogP contribution in [0.3, 0.4) is 0 Å². The van der Waals surface area contributed by atoms with E-state index in [1.54, 1.807) is 30.5 Å². The number of aryl methyl sites for hydroxylation is 1. The van der Waals surface area contributed by atoms with E-state index in [9.17, 15) is 13.2 Å². The van der Waals surface area contributed by atoms with E-state index >= 15 is 0 Å². The number of halogens is 3. The van der Waals surface area contributed by atoms with Gasteiger partial charge in [0.15, 0.2) is 0 Å². The third-order valence-electron chi connectivity index (χ3n) is 3.02. The number of hydrogen-bond donors (Lipinski definition) is 0. The highest BCUT2D eigenvalue weighted by Gasteiger charge is 2.31. The number of pyridine rings is 1. The topological polar surface area (TPSA) is 17.8 Å². The molecule has 0 bridgehead atoms. The minimum Gasteiger partial charge on any atom is -0.288 e. The van der Waals surface area contributed by atoms with Gasteiger partial charge in [-0.1, -0.05) is 17.7 Å². The summed E-state index contributed by atoms with van der Waals surface area (Å²) in [5.74, 6) is 0.475. The van der Waals surface area contributed by atoms with E-state index in [0.29, 0.717) is 11.3 Å². The fourth-order valence-electron chi connectivity index (χ4n) is 2.23. The van der Waals surface area contributed by atoms with Gasteiger partial charge in [0.2, 0.25) is 0 Å². The number of thioether (sulfide) groups is 1. The van der Waals surface area contributed by atoms with Gasteiger partial charge < -0.3 is 0 Å². The van der Waals surface area contributed by atoms with Gasteiger partial charge in [-0.3, -0.25) is 4.57 Å². The molecular weight excluding hydrogens is 297 g/mol. The van der Waals surface area contributed by atoms with Crippen molar-refractivity contribution in [2.24, 2.45) is 0 Å². The maximum atomic E-state index is 12.8. The Morgan fingerprint density at radius 2 is 1.90 bits per heavy atom. The van der Waals surface area contributed by atoms with Crippen molar-refractivity contribution in [2.75, 3.05) is 0 Å². The Kier molecular flexibility index (Phi) is 3.41. The Labute approximate surface area is 123 Å². The number of fused-ring (bicyclic) bond motifs is 1. The first-order valence-electron chi connectivity index (χ1n) is 6.23. The van der Waals surface area contributed by atoms with E-state index in [1.807, 2.05) is 25.1 Å². The van der Waals surface area contributed by atoms with Gasteiger partial charge in [-0.25, -0.2) is 4.98 Å². The average Bonchev–Trinajstić information content (AvgIpc) is 2.74. The van der Waals surface area contributed by atoms with Gasteiger partial charge in [0.05, 0.1) is 10.5 Å². The zero-order valence-corrected chi connectivity index (χ0v) is 11.9. The normalized spacial score (nSPS) is 12.0. The van der Waals surface area contributed by atoms with Gasteiger partial charge >= 0.3 is 5.51 Å². The first kappa shape index (κ1) is 14.0. The largest absolute Gasteiger partial charge is 0.447 e. The first-order chi connectivity index (χ1) is 9.94. The summed E-state index contributed by atoms with van der Waals surface area (Å²) < 4.78 is 39.9. The first-order valence-corrected chi connectivity index (χ1v) is 7.05. The summed E-state index contributed by atoms with van der Waals surface area (Å²) in [5, 5.41) is 0.884. The van der Waals surface area contributed by atoms with Gasteiger partial charge in [0.1, 0.15) is 5.82 Å². The van der Waals surface area contributed by atoms with E-state index < -0.39 is 5.51 Å². The van der Waals surface area contributed by atoms with Crippen LogP contribution in [0.4, 0.5) is 13.2 Å². The second-order valence-corrected chi connectivity index (χ2v) is 5.70. The molecule has 108 valence electrons. The number of alkyl halides is 3. The predicted octanol–water partition coefficient (Wildman–Crippen LogP) is 4.95. The lowest BCUT2D eigenvalue weighted by molar-refractivity contribution is -0.0329. The van der Waals surface area contributed by atoms with Gasteiger partial charge in [-0.2, -0.15) is 13.2 Å². The van der Waals surface area contributed by atoms with Crippen LogP contribution in [-0.2, 0) is 0 Å². The van der Waals surface area contributed by atoms with Crippen LogP contribution in [0.1, 0.15) is 5.56 Å². The van der Waals surface area contributed by atoms with Crippen LogP contribution >= 0.6 is 11.8 Å². The molecule has 0 unspecified atom stereocenters. The van der Waals surface area contributed by atoms with E-state index in [0.717, 1.165) is 10.9 Å². The number of benzene rings is 1. The molecule has 0 spiro atoms. The molecule has 0 aliphatic carbocycles. The highest BCUT2D eigenvalue weighted by atomic mass is 32.2. The molecule has 6 heteroatoms. The van der Waals surface area contributed by atoms with Crippen molar-refractivity contribution in [1.82, 2.24) is 9.55 Å². The van der Waals surface area contributed by atoms with E-state index in [-0.39, 0.29) is 16.8 Å². The summed E-state index contributed by atoms with van der Waals surface area (Å²) in [6.45, 7) is 1.91. The highest BCUT2D eigenvalue weighted by Crippen LogP contribution is 2.40. The molecule has 0 saturated carbocycles. The zero-order valence-electron chi connectivity index (χ0n) is 11.1. The second-order valence-electron chi connectivity index (χ2n) is 4.62. The molecule has 1 aromatic carbocycles. The lowest BCUT2D eigenvalue weighted by Gasteiger charge is -2.10. The number of aromatic nitrogens is 2.